The van der Waals surface area contributed by atoms with Gasteiger partial charge in [-0.05, 0) is 25.1 Å². The van der Waals surface area contributed by atoms with Crippen LogP contribution in [-0.4, -0.2) is 19.7 Å². The molecule has 2 aromatic rings. The molecule has 0 saturated carbocycles. The monoisotopic (exact) mass is 312 g/mol. The normalized spacial score (nSPS) is 13.0. The molecule has 0 aliphatic rings. The fraction of sp³-hybridized carbons (Fsp3) is 0.214. The molecule has 4 nitrogen and oxygen atoms in total. The van der Waals surface area contributed by atoms with Crippen molar-refractivity contribution in [1.82, 2.24) is 4.98 Å². The van der Waals surface area contributed by atoms with Gasteiger partial charge in [0.15, 0.2) is 9.84 Å². The largest absolute Gasteiger partial charge is 0.362 e. The minimum absolute atomic E-state index is 0.0272. The fourth-order valence-electron chi connectivity index (χ4n) is 1.93. The molecule has 0 bridgehead atoms. The van der Waals surface area contributed by atoms with Crippen LogP contribution in [0, 0.1) is 11.6 Å². The Balaban J connectivity index is 2.34. The Morgan fingerprint density at radius 3 is 2.57 bits per heavy atom. The average Bonchev–Trinajstić information content (AvgIpc) is 2.37. The van der Waals surface area contributed by atoms with Crippen LogP contribution in [0.2, 0.25) is 0 Å². The number of aromatic nitrogens is 1. The second kappa shape index (κ2) is 5.77. The number of nitrogens with zero attached hydrogens (tertiary/aromatic N) is 1. The van der Waals surface area contributed by atoms with E-state index in [1.54, 1.807) is 6.92 Å². The number of rotatable bonds is 4. The summed E-state index contributed by atoms with van der Waals surface area (Å²) in [5.74, 6) is -1.24. The summed E-state index contributed by atoms with van der Waals surface area (Å²) < 4.78 is 50.0. The highest BCUT2D eigenvalue weighted by Gasteiger charge is 2.18. The summed E-state index contributed by atoms with van der Waals surface area (Å²) in [6.07, 6.45) is 2.50. The Hall–Kier alpha value is -2.02. The lowest BCUT2D eigenvalue weighted by molar-refractivity contribution is 0.566. The van der Waals surface area contributed by atoms with Gasteiger partial charge >= 0.3 is 0 Å². The lowest BCUT2D eigenvalue weighted by Gasteiger charge is -2.17. The molecule has 0 radical (unpaired) electrons. The molecule has 2 rings (SSSR count). The maximum absolute atomic E-state index is 13.7. The SMILES string of the molecule is CC(Nc1ncccc1S(C)(=O)=O)c1ccc(F)cc1F. The topological polar surface area (TPSA) is 59.1 Å². The molecule has 1 aromatic carbocycles. The predicted molar refractivity (Wildman–Crippen MR) is 75.7 cm³/mol. The Morgan fingerprint density at radius 1 is 1.24 bits per heavy atom. The predicted octanol–water partition coefficient (Wildman–Crippen LogP) is 2.94. The van der Waals surface area contributed by atoms with Gasteiger partial charge in [0.25, 0.3) is 0 Å². The van der Waals surface area contributed by atoms with Gasteiger partial charge in [-0.15, -0.1) is 0 Å². The van der Waals surface area contributed by atoms with Crippen LogP contribution in [0.5, 0.6) is 0 Å². The van der Waals surface area contributed by atoms with Gasteiger partial charge in [-0.2, -0.15) is 0 Å². The first-order chi connectivity index (χ1) is 9.79. The first kappa shape index (κ1) is 15.4. The highest BCUT2D eigenvalue weighted by Crippen LogP contribution is 2.25. The second-order valence-corrected chi connectivity index (χ2v) is 6.64. The van der Waals surface area contributed by atoms with Crippen molar-refractivity contribution in [3.8, 4) is 0 Å². The van der Waals surface area contributed by atoms with Crippen LogP contribution >= 0.6 is 0 Å². The van der Waals surface area contributed by atoms with E-state index in [4.69, 9.17) is 0 Å². The lowest BCUT2D eigenvalue weighted by Crippen LogP contribution is -2.13. The van der Waals surface area contributed by atoms with Crippen LogP contribution in [0.4, 0.5) is 14.6 Å². The van der Waals surface area contributed by atoms with Gasteiger partial charge in [0.1, 0.15) is 22.3 Å². The Bertz CT molecular complexity index is 763. The molecule has 7 heteroatoms. The maximum atomic E-state index is 13.7. The van der Waals surface area contributed by atoms with E-state index in [0.29, 0.717) is 0 Å². The molecule has 0 amide bonds. The van der Waals surface area contributed by atoms with Crippen LogP contribution in [0.25, 0.3) is 0 Å². The zero-order valence-electron chi connectivity index (χ0n) is 11.5. The third kappa shape index (κ3) is 3.55. The van der Waals surface area contributed by atoms with E-state index in [2.05, 4.69) is 10.3 Å². The van der Waals surface area contributed by atoms with E-state index in [-0.39, 0.29) is 16.3 Å². The summed E-state index contributed by atoms with van der Waals surface area (Å²) in [7, 11) is -3.46. The van der Waals surface area contributed by atoms with Crippen LogP contribution < -0.4 is 5.32 Å². The fourth-order valence-corrected chi connectivity index (χ4v) is 2.72. The van der Waals surface area contributed by atoms with E-state index in [1.165, 1.54) is 24.4 Å². The van der Waals surface area contributed by atoms with Crippen molar-refractivity contribution in [2.75, 3.05) is 11.6 Å². The number of pyridine rings is 1. The zero-order valence-corrected chi connectivity index (χ0v) is 12.3. The van der Waals surface area contributed by atoms with E-state index in [9.17, 15) is 17.2 Å². The van der Waals surface area contributed by atoms with E-state index in [1.807, 2.05) is 0 Å². The maximum Gasteiger partial charge on any atom is 0.179 e. The van der Waals surface area contributed by atoms with Crippen molar-refractivity contribution in [3.63, 3.8) is 0 Å². The molecular weight excluding hydrogens is 298 g/mol. The van der Waals surface area contributed by atoms with Gasteiger partial charge in [0.2, 0.25) is 0 Å². The quantitative estimate of drug-likeness (QED) is 0.943. The Labute approximate surface area is 121 Å². The van der Waals surface area contributed by atoms with E-state index < -0.39 is 27.5 Å². The van der Waals surface area contributed by atoms with Gasteiger partial charge in [-0.1, -0.05) is 6.07 Å². The molecule has 1 aromatic heterocycles. The standard InChI is InChI=1S/C14H14F2N2O2S/c1-9(11-6-5-10(15)8-12(11)16)18-14-13(21(2,19)20)4-3-7-17-14/h3-9H,1-2H3,(H,17,18). The number of hydrogen-bond acceptors (Lipinski definition) is 4. The number of anilines is 1. The van der Waals surface area contributed by atoms with Gasteiger partial charge in [0.05, 0.1) is 6.04 Å². The summed E-state index contributed by atoms with van der Waals surface area (Å²) in [5.41, 5.74) is 0.224. The van der Waals surface area contributed by atoms with Crippen LogP contribution in [0.3, 0.4) is 0 Å². The van der Waals surface area contributed by atoms with Crippen molar-refractivity contribution in [1.29, 1.82) is 0 Å². The molecule has 0 aliphatic heterocycles. The molecule has 1 N–H and O–H groups in total. The third-order valence-corrected chi connectivity index (χ3v) is 4.08. The Kier molecular flexibility index (Phi) is 4.22. The van der Waals surface area contributed by atoms with E-state index in [0.717, 1.165) is 18.4 Å². The molecule has 0 aliphatic carbocycles. The highest BCUT2D eigenvalue weighted by atomic mass is 32.2. The Morgan fingerprint density at radius 2 is 1.95 bits per heavy atom. The zero-order chi connectivity index (χ0) is 15.6. The molecule has 0 saturated heterocycles. The third-order valence-electron chi connectivity index (χ3n) is 2.95. The number of hydrogen-bond donors (Lipinski definition) is 1. The average molecular weight is 312 g/mol. The number of sulfone groups is 1. The van der Waals surface area contributed by atoms with Crippen molar-refractivity contribution in [2.45, 2.75) is 17.9 Å². The number of halogens is 2. The summed E-state index contributed by atoms with van der Waals surface area (Å²) in [5, 5.41) is 2.84. The summed E-state index contributed by atoms with van der Waals surface area (Å²) in [6, 6.07) is 5.59. The molecule has 0 spiro atoms. The second-order valence-electron chi connectivity index (χ2n) is 4.65. The molecular formula is C14H14F2N2O2S. The van der Waals surface area contributed by atoms with Crippen molar-refractivity contribution < 1.29 is 17.2 Å². The molecule has 112 valence electrons. The van der Waals surface area contributed by atoms with Crippen molar-refractivity contribution in [2.24, 2.45) is 0 Å². The molecule has 1 heterocycles. The lowest BCUT2D eigenvalue weighted by atomic mass is 10.1. The van der Waals surface area contributed by atoms with Gasteiger partial charge < -0.3 is 5.32 Å². The van der Waals surface area contributed by atoms with Gasteiger partial charge in [-0.3, -0.25) is 0 Å². The van der Waals surface area contributed by atoms with Gasteiger partial charge in [0, 0.05) is 24.1 Å². The summed E-state index contributed by atoms with van der Waals surface area (Å²) in [4.78, 5) is 4.00. The number of nitrogens with one attached hydrogen (secondary N) is 1. The highest BCUT2D eigenvalue weighted by molar-refractivity contribution is 7.90. The van der Waals surface area contributed by atoms with E-state index >= 15 is 0 Å². The van der Waals surface area contributed by atoms with Crippen LogP contribution in [0.1, 0.15) is 18.5 Å². The van der Waals surface area contributed by atoms with Crippen LogP contribution in [0.15, 0.2) is 41.4 Å². The minimum atomic E-state index is -3.46. The first-order valence-electron chi connectivity index (χ1n) is 6.15. The minimum Gasteiger partial charge on any atom is -0.362 e. The van der Waals surface area contributed by atoms with Crippen molar-refractivity contribution in [3.05, 3.63) is 53.7 Å². The van der Waals surface area contributed by atoms with Crippen molar-refractivity contribution >= 4 is 15.7 Å². The number of benzene rings is 1. The molecule has 1 atom stereocenters. The summed E-state index contributed by atoms with van der Waals surface area (Å²) >= 11 is 0. The molecule has 21 heavy (non-hydrogen) atoms. The smallest absolute Gasteiger partial charge is 0.179 e. The summed E-state index contributed by atoms with van der Waals surface area (Å²) in [6.45, 7) is 1.64. The molecule has 1 unspecified atom stereocenters. The first-order valence-corrected chi connectivity index (χ1v) is 8.04. The molecule has 0 fully saturated rings. The van der Waals surface area contributed by atoms with Crippen LogP contribution in [-0.2, 0) is 9.84 Å². The van der Waals surface area contributed by atoms with Gasteiger partial charge in [-0.25, -0.2) is 22.2 Å².